The number of nitrogens with zero attached hydrogens (tertiary/aromatic N) is 1. The Kier molecular flexibility index (Phi) is 5.35. The van der Waals surface area contributed by atoms with E-state index in [2.05, 4.69) is 0 Å². The second kappa shape index (κ2) is 7.52. The van der Waals surface area contributed by atoms with Gasteiger partial charge in [-0.3, -0.25) is 4.79 Å². The van der Waals surface area contributed by atoms with E-state index in [9.17, 15) is 9.59 Å². The fraction of sp³-hybridized carbons (Fsp3) is 0.524. The van der Waals surface area contributed by atoms with Crippen LogP contribution in [0.3, 0.4) is 0 Å². The lowest BCUT2D eigenvalue weighted by molar-refractivity contribution is -0.132. The van der Waals surface area contributed by atoms with Gasteiger partial charge in [0.25, 0.3) is 5.91 Å². The smallest absolute Gasteiger partial charge is 0.339 e. The molecular weight excluding hydrogens is 330 g/mol. The summed E-state index contributed by atoms with van der Waals surface area (Å²) in [5.41, 5.74) is 2.48. The molecule has 0 saturated heterocycles. The van der Waals surface area contributed by atoms with E-state index in [1.807, 2.05) is 33.0 Å². The highest BCUT2D eigenvalue weighted by Gasteiger charge is 2.20. The first-order valence-electron chi connectivity index (χ1n) is 9.28. The molecule has 5 nitrogen and oxygen atoms in total. The highest BCUT2D eigenvalue weighted by molar-refractivity contribution is 5.88. The van der Waals surface area contributed by atoms with E-state index < -0.39 is 0 Å². The maximum absolute atomic E-state index is 12.5. The van der Waals surface area contributed by atoms with E-state index >= 15 is 0 Å². The number of rotatable bonds is 5. The Bertz CT molecular complexity index is 878. The molecule has 0 N–H and O–H groups in total. The van der Waals surface area contributed by atoms with Crippen molar-refractivity contribution < 1.29 is 13.9 Å². The van der Waals surface area contributed by atoms with E-state index in [1.54, 1.807) is 11.8 Å². The van der Waals surface area contributed by atoms with E-state index in [1.165, 1.54) is 25.7 Å². The molecular formula is C21H27NO4. The van der Waals surface area contributed by atoms with Crippen molar-refractivity contribution in [2.75, 3.05) is 20.2 Å². The Morgan fingerprint density at radius 1 is 1.19 bits per heavy atom. The summed E-state index contributed by atoms with van der Waals surface area (Å²) in [5.74, 6) is 1.17. The quantitative estimate of drug-likeness (QED) is 0.765. The number of benzene rings is 1. The molecule has 1 fully saturated rings. The predicted molar refractivity (Wildman–Crippen MR) is 102 cm³/mol. The summed E-state index contributed by atoms with van der Waals surface area (Å²) in [7, 11) is 1.84. The number of aryl methyl sites for hydroxylation is 2. The average Bonchev–Trinajstić information content (AvgIpc) is 3.09. The fourth-order valence-corrected chi connectivity index (χ4v) is 3.73. The summed E-state index contributed by atoms with van der Waals surface area (Å²) in [6, 6.07) is 3.71. The first-order valence-corrected chi connectivity index (χ1v) is 9.28. The summed E-state index contributed by atoms with van der Waals surface area (Å²) < 4.78 is 11.3. The maximum Gasteiger partial charge on any atom is 0.339 e. The molecule has 0 radical (unpaired) electrons. The normalized spacial score (nSPS) is 14.8. The Balaban J connectivity index is 1.79. The Morgan fingerprint density at radius 2 is 1.88 bits per heavy atom. The molecule has 1 aromatic carbocycles. The van der Waals surface area contributed by atoms with Crippen molar-refractivity contribution in [2.45, 2.75) is 46.5 Å². The summed E-state index contributed by atoms with van der Waals surface area (Å²) in [5, 5.41) is 0.763. The molecule has 26 heavy (non-hydrogen) atoms. The molecule has 1 aromatic heterocycles. The summed E-state index contributed by atoms with van der Waals surface area (Å²) >= 11 is 0. The zero-order valence-corrected chi connectivity index (χ0v) is 16.1. The van der Waals surface area contributed by atoms with E-state index in [-0.39, 0.29) is 18.1 Å². The zero-order chi connectivity index (χ0) is 18.8. The first kappa shape index (κ1) is 18.5. The molecule has 0 atom stereocenters. The number of carbonyl (C=O) groups is 1. The molecule has 0 unspecified atom stereocenters. The lowest BCUT2D eigenvalue weighted by Gasteiger charge is -2.21. The standard InChI is InChI=1S/C21H27NO4/c1-13-9-17(20-14(2)15(3)21(24)26-18(20)10-13)25-12-19(23)22(4)11-16-7-5-6-8-16/h9-10,16H,5-8,11-12H2,1-4H3. The Morgan fingerprint density at radius 3 is 2.58 bits per heavy atom. The lowest BCUT2D eigenvalue weighted by atomic mass is 10.0. The molecule has 140 valence electrons. The van der Waals surface area contributed by atoms with Gasteiger partial charge in [0.2, 0.25) is 0 Å². The number of likely N-dealkylation sites (N-methyl/N-ethyl adjacent to an activating group) is 1. The highest BCUT2D eigenvalue weighted by Crippen LogP contribution is 2.31. The van der Waals surface area contributed by atoms with Gasteiger partial charge < -0.3 is 14.1 Å². The number of hydrogen-bond donors (Lipinski definition) is 0. The number of amides is 1. The summed E-state index contributed by atoms with van der Waals surface area (Å²) in [6.07, 6.45) is 4.95. The van der Waals surface area contributed by atoms with Crippen molar-refractivity contribution >= 4 is 16.9 Å². The van der Waals surface area contributed by atoms with E-state index in [0.29, 0.717) is 22.8 Å². The number of ether oxygens (including phenoxy) is 1. The topological polar surface area (TPSA) is 59.8 Å². The minimum absolute atomic E-state index is 0.0145. The van der Waals surface area contributed by atoms with E-state index in [0.717, 1.165) is 23.1 Å². The molecule has 0 aliphatic heterocycles. The lowest BCUT2D eigenvalue weighted by Crippen LogP contribution is -2.34. The van der Waals surface area contributed by atoms with Crippen LogP contribution in [0.4, 0.5) is 0 Å². The molecule has 1 heterocycles. The van der Waals surface area contributed by atoms with Gasteiger partial charge in [0.05, 0.1) is 5.39 Å². The van der Waals surface area contributed by atoms with Gasteiger partial charge in [-0.2, -0.15) is 0 Å². The largest absolute Gasteiger partial charge is 0.483 e. The van der Waals surface area contributed by atoms with Gasteiger partial charge in [-0.1, -0.05) is 12.8 Å². The third-order valence-electron chi connectivity index (χ3n) is 5.44. The van der Waals surface area contributed by atoms with Gasteiger partial charge in [-0.15, -0.1) is 0 Å². The second-order valence-electron chi connectivity index (χ2n) is 7.49. The van der Waals surface area contributed by atoms with Gasteiger partial charge in [-0.05, 0) is 62.8 Å². The minimum Gasteiger partial charge on any atom is -0.483 e. The van der Waals surface area contributed by atoms with E-state index in [4.69, 9.17) is 9.15 Å². The summed E-state index contributed by atoms with van der Waals surface area (Å²) in [6.45, 7) is 6.31. The van der Waals surface area contributed by atoms with Crippen LogP contribution in [0.1, 0.15) is 42.4 Å². The molecule has 2 aromatic rings. The third-order valence-corrected chi connectivity index (χ3v) is 5.44. The van der Waals surface area contributed by atoms with Crippen LogP contribution in [0, 0.1) is 26.7 Å². The number of fused-ring (bicyclic) bond motifs is 1. The van der Waals surface area contributed by atoms with Crippen molar-refractivity contribution in [1.82, 2.24) is 4.90 Å². The van der Waals surface area contributed by atoms with Gasteiger partial charge >= 0.3 is 5.63 Å². The van der Waals surface area contributed by atoms with Gasteiger partial charge in [0, 0.05) is 19.2 Å². The molecule has 3 rings (SSSR count). The fourth-order valence-electron chi connectivity index (χ4n) is 3.73. The minimum atomic E-state index is -0.334. The molecule has 1 aliphatic carbocycles. The van der Waals surface area contributed by atoms with Crippen LogP contribution in [0.5, 0.6) is 5.75 Å². The van der Waals surface area contributed by atoms with Crippen molar-refractivity contribution in [3.8, 4) is 5.75 Å². The van der Waals surface area contributed by atoms with Crippen molar-refractivity contribution in [3.63, 3.8) is 0 Å². The molecule has 1 amide bonds. The van der Waals surface area contributed by atoms with Crippen molar-refractivity contribution in [3.05, 3.63) is 39.2 Å². The van der Waals surface area contributed by atoms with Crippen LogP contribution in [-0.2, 0) is 4.79 Å². The predicted octanol–water partition coefficient (Wildman–Crippen LogP) is 3.75. The monoisotopic (exact) mass is 357 g/mol. The second-order valence-corrected chi connectivity index (χ2v) is 7.49. The molecule has 0 bridgehead atoms. The third kappa shape index (κ3) is 3.76. The van der Waals surface area contributed by atoms with Gasteiger partial charge in [0.1, 0.15) is 11.3 Å². The summed E-state index contributed by atoms with van der Waals surface area (Å²) in [4.78, 5) is 26.2. The molecule has 1 saturated carbocycles. The van der Waals surface area contributed by atoms with Gasteiger partial charge in [0.15, 0.2) is 6.61 Å². The van der Waals surface area contributed by atoms with Crippen molar-refractivity contribution in [1.29, 1.82) is 0 Å². The highest BCUT2D eigenvalue weighted by atomic mass is 16.5. The Hall–Kier alpha value is -2.30. The van der Waals surface area contributed by atoms with Crippen LogP contribution in [0.15, 0.2) is 21.3 Å². The number of carbonyl (C=O) groups excluding carboxylic acids is 1. The van der Waals surface area contributed by atoms with Gasteiger partial charge in [-0.25, -0.2) is 4.79 Å². The average molecular weight is 357 g/mol. The molecule has 1 aliphatic rings. The van der Waals surface area contributed by atoms with Crippen molar-refractivity contribution in [2.24, 2.45) is 5.92 Å². The molecule has 5 heteroatoms. The van der Waals surface area contributed by atoms with Crippen LogP contribution in [0.2, 0.25) is 0 Å². The first-order chi connectivity index (χ1) is 12.4. The Labute approximate surface area is 153 Å². The number of hydrogen-bond acceptors (Lipinski definition) is 4. The SMILES string of the molecule is Cc1cc(OCC(=O)N(C)CC2CCCC2)c2c(C)c(C)c(=O)oc2c1. The van der Waals surface area contributed by atoms with Crippen LogP contribution < -0.4 is 10.4 Å². The zero-order valence-electron chi connectivity index (χ0n) is 16.1. The van der Waals surface area contributed by atoms with Crippen LogP contribution in [-0.4, -0.2) is 31.0 Å². The van der Waals surface area contributed by atoms with Crippen LogP contribution >= 0.6 is 0 Å². The van der Waals surface area contributed by atoms with Crippen LogP contribution in [0.25, 0.3) is 11.0 Å². The molecule has 0 spiro atoms. The maximum atomic E-state index is 12.5.